The molecule has 0 aliphatic carbocycles. The monoisotopic (exact) mass is 715 g/mol. The van der Waals surface area contributed by atoms with Gasteiger partial charge in [0.2, 0.25) is 17.7 Å². The minimum Gasteiger partial charge on any atom is -0.455 e. The van der Waals surface area contributed by atoms with Gasteiger partial charge in [-0.2, -0.15) is 0 Å². The first kappa shape index (κ1) is 38.9. The van der Waals surface area contributed by atoms with Crippen LogP contribution in [-0.2, 0) is 33.4 Å². The number of rotatable bonds is 19. The molecule has 11 nitrogen and oxygen atoms in total. The van der Waals surface area contributed by atoms with Crippen LogP contribution in [0.25, 0.3) is 0 Å². The second kappa shape index (κ2) is 17.5. The average molecular weight is 716 g/mol. The number of hydrogen-bond donors (Lipinski definition) is 2. The quantitative estimate of drug-likeness (QED) is 0.158. The van der Waals surface area contributed by atoms with Crippen molar-refractivity contribution in [2.75, 3.05) is 26.9 Å². The average Bonchev–Trinajstić information content (AvgIpc) is 3.80. The van der Waals surface area contributed by atoms with Crippen LogP contribution in [0.2, 0.25) is 0 Å². The Kier molecular flexibility index (Phi) is 13.1. The zero-order valence-corrected chi connectivity index (χ0v) is 30.5. The van der Waals surface area contributed by atoms with E-state index >= 15 is 0 Å². The van der Waals surface area contributed by atoms with E-state index in [0.717, 1.165) is 12.8 Å². The molecule has 1 spiro atoms. The van der Waals surface area contributed by atoms with Crippen LogP contribution in [0.3, 0.4) is 0 Å². The third-order valence-corrected chi connectivity index (χ3v) is 10.8. The number of aliphatic hydroxyl groups excluding tert-OH is 1. The van der Waals surface area contributed by atoms with Gasteiger partial charge >= 0.3 is 5.97 Å². The lowest BCUT2D eigenvalue weighted by Crippen LogP contribution is -2.58. The van der Waals surface area contributed by atoms with Crippen LogP contribution in [0, 0.1) is 11.8 Å². The van der Waals surface area contributed by atoms with Gasteiger partial charge in [-0.15, -0.1) is 13.2 Å². The second-order valence-electron chi connectivity index (χ2n) is 14.1. The van der Waals surface area contributed by atoms with E-state index in [1.165, 1.54) is 12.0 Å². The summed E-state index contributed by atoms with van der Waals surface area (Å²) in [6.45, 7) is 11.5. The van der Waals surface area contributed by atoms with Gasteiger partial charge in [0.15, 0.2) is 0 Å². The van der Waals surface area contributed by atoms with E-state index in [2.05, 4.69) is 25.4 Å². The maximum absolute atomic E-state index is 14.9. The predicted octanol–water partition coefficient (Wildman–Crippen LogP) is 4.68. The number of fused-ring (bicyclic) bond motifs is 1. The van der Waals surface area contributed by atoms with Gasteiger partial charge in [-0.25, -0.2) is 0 Å². The number of methoxy groups -OCH3 is 1. The van der Waals surface area contributed by atoms with Gasteiger partial charge in [-0.1, -0.05) is 86.2 Å². The SMILES string of the molecule is C=CCCC(=O)N[C@H](COC)[C@H](OC(=O)[C@@H]1[C@@H]2CC[C@]3(O2)[C@H](C(=O)N(CC=C)C(C)CCC)N([C@H](CO)c2ccccc2)C(=O)[C@@H]13)c1ccccc1. The molecule has 2 N–H and O–H groups in total. The number of likely N-dealkylation sites (tertiary alicyclic amines) is 1. The first-order chi connectivity index (χ1) is 25.2. The van der Waals surface area contributed by atoms with E-state index in [9.17, 15) is 24.3 Å². The Morgan fingerprint density at radius 3 is 2.37 bits per heavy atom. The van der Waals surface area contributed by atoms with Crippen molar-refractivity contribution in [2.45, 2.75) is 94.3 Å². The van der Waals surface area contributed by atoms with Crippen molar-refractivity contribution in [1.29, 1.82) is 0 Å². The lowest BCUT2D eigenvalue weighted by Gasteiger charge is -2.41. The van der Waals surface area contributed by atoms with Crippen LogP contribution in [0.5, 0.6) is 0 Å². The topological polar surface area (TPSA) is 135 Å². The molecular formula is C41H53N3O8. The molecule has 0 saturated carbocycles. The van der Waals surface area contributed by atoms with Gasteiger partial charge in [0.1, 0.15) is 17.7 Å². The van der Waals surface area contributed by atoms with Crippen LogP contribution in [-0.4, -0.2) is 95.3 Å². The molecule has 2 aromatic rings. The van der Waals surface area contributed by atoms with E-state index < -0.39 is 66.3 Å². The van der Waals surface area contributed by atoms with Crippen molar-refractivity contribution in [1.82, 2.24) is 15.1 Å². The van der Waals surface area contributed by atoms with Crippen molar-refractivity contribution in [3.8, 4) is 0 Å². The summed E-state index contributed by atoms with van der Waals surface area (Å²) in [5.74, 6) is -3.70. The molecule has 1 unspecified atom stereocenters. The molecular weight excluding hydrogens is 662 g/mol. The van der Waals surface area contributed by atoms with Gasteiger partial charge in [0.05, 0.1) is 43.2 Å². The van der Waals surface area contributed by atoms with Crippen molar-refractivity contribution in [3.63, 3.8) is 0 Å². The third kappa shape index (κ3) is 7.58. The third-order valence-electron chi connectivity index (χ3n) is 10.8. The zero-order valence-electron chi connectivity index (χ0n) is 30.5. The Labute approximate surface area is 307 Å². The van der Waals surface area contributed by atoms with Gasteiger partial charge in [-0.05, 0) is 43.7 Å². The maximum atomic E-state index is 14.9. The van der Waals surface area contributed by atoms with Crippen molar-refractivity contribution >= 4 is 23.7 Å². The minimum absolute atomic E-state index is 0.0538. The molecule has 2 aromatic carbocycles. The largest absolute Gasteiger partial charge is 0.455 e. The summed E-state index contributed by atoms with van der Waals surface area (Å²) in [7, 11) is 1.50. The molecule has 11 heteroatoms. The number of nitrogens with zero attached hydrogens (tertiary/aromatic N) is 2. The van der Waals surface area contributed by atoms with E-state index in [0.29, 0.717) is 30.4 Å². The molecule has 3 heterocycles. The summed E-state index contributed by atoms with van der Waals surface area (Å²) in [4.78, 5) is 60.6. The number of benzene rings is 2. The van der Waals surface area contributed by atoms with Crippen LogP contribution in [0.4, 0.5) is 0 Å². The summed E-state index contributed by atoms with van der Waals surface area (Å²) in [6.07, 6.45) is 4.81. The van der Waals surface area contributed by atoms with Crippen LogP contribution in [0.1, 0.15) is 75.6 Å². The molecule has 3 aliphatic heterocycles. The molecule has 0 aromatic heterocycles. The first-order valence-corrected chi connectivity index (χ1v) is 18.4. The van der Waals surface area contributed by atoms with Crippen LogP contribution < -0.4 is 5.32 Å². The molecule has 3 fully saturated rings. The number of amides is 3. The highest BCUT2D eigenvalue weighted by Crippen LogP contribution is 2.60. The van der Waals surface area contributed by atoms with Gasteiger partial charge in [-0.3, -0.25) is 19.2 Å². The fourth-order valence-corrected chi connectivity index (χ4v) is 8.49. The Morgan fingerprint density at radius 2 is 1.77 bits per heavy atom. The molecule has 5 rings (SSSR count). The van der Waals surface area contributed by atoms with E-state index in [-0.39, 0.29) is 37.4 Å². The zero-order chi connectivity index (χ0) is 37.4. The highest BCUT2D eigenvalue weighted by Gasteiger charge is 2.76. The summed E-state index contributed by atoms with van der Waals surface area (Å²) < 4.78 is 18.6. The van der Waals surface area contributed by atoms with Gasteiger partial charge < -0.3 is 34.4 Å². The van der Waals surface area contributed by atoms with Crippen LogP contribution in [0.15, 0.2) is 86.0 Å². The minimum atomic E-state index is -1.32. The second-order valence-corrected chi connectivity index (χ2v) is 14.1. The number of hydrogen-bond acceptors (Lipinski definition) is 8. The highest BCUT2D eigenvalue weighted by molar-refractivity contribution is 5.98. The predicted molar refractivity (Wildman–Crippen MR) is 196 cm³/mol. The summed E-state index contributed by atoms with van der Waals surface area (Å²) >= 11 is 0. The number of ether oxygens (including phenoxy) is 3. The Bertz CT molecular complexity index is 1570. The summed E-state index contributed by atoms with van der Waals surface area (Å²) in [6, 6.07) is 15.4. The summed E-state index contributed by atoms with van der Waals surface area (Å²) in [5, 5.41) is 13.8. The van der Waals surface area contributed by atoms with Crippen LogP contribution >= 0.6 is 0 Å². The molecule has 3 aliphatic rings. The Morgan fingerprint density at radius 1 is 1.10 bits per heavy atom. The number of aliphatic hydroxyl groups is 1. The van der Waals surface area contributed by atoms with Gasteiger partial charge in [0, 0.05) is 26.1 Å². The molecule has 3 amide bonds. The Balaban J connectivity index is 1.55. The highest BCUT2D eigenvalue weighted by atomic mass is 16.6. The Hall–Kier alpha value is -4.32. The number of carbonyl (C=O) groups is 4. The smallest absolute Gasteiger partial charge is 0.313 e. The van der Waals surface area contributed by atoms with E-state index in [4.69, 9.17) is 14.2 Å². The first-order valence-electron chi connectivity index (χ1n) is 18.4. The number of esters is 1. The fourth-order valence-electron chi connectivity index (χ4n) is 8.49. The number of nitrogens with one attached hydrogen (secondary N) is 1. The van der Waals surface area contributed by atoms with Crippen molar-refractivity contribution in [2.24, 2.45) is 11.8 Å². The molecule has 52 heavy (non-hydrogen) atoms. The standard InChI is InChI=1S/C41H53N3O8/c1-6-9-21-33(46)42-30(26-50-5)36(29-19-14-11-15-20-29)51-40(49)34-32-22-23-41(52-32)35(34)38(47)44(31(25-45)28-17-12-10-13-18-28)37(41)39(48)43(24-8-3)27(4)16-7-2/h6,8,10-15,17-20,27,30-32,34-37,45H,1,3,7,9,16,21-26H2,2,4-5H3,(H,42,46)/t27?,30-,31-,32+,34-,35-,36-,37+,41-/m1/s1. The molecule has 2 bridgehead atoms. The van der Waals surface area contributed by atoms with Gasteiger partial charge in [0.25, 0.3) is 0 Å². The lowest BCUT2D eigenvalue weighted by molar-refractivity contribution is -0.163. The molecule has 3 saturated heterocycles. The fraction of sp³-hybridized carbons (Fsp3) is 0.512. The maximum Gasteiger partial charge on any atom is 0.313 e. The lowest BCUT2D eigenvalue weighted by atomic mass is 9.70. The molecule has 0 radical (unpaired) electrons. The summed E-state index contributed by atoms with van der Waals surface area (Å²) in [5.41, 5.74) is -0.0114. The van der Waals surface area contributed by atoms with E-state index in [1.54, 1.807) is 17.1 Å². The normalized spacial score (nSPS) is 25.5. The van der Waals surface area contributed by atoms with Crippen molar-refractivity contribution in [3.05, 3.63) is 97.1 Å². The molecule has 9 atom stereocenters. The van der Waals surface area contributed by atoms with Crippen molar-refractivity contribution < 1.29 is 38.5 Å². The number of carbonyl (C=O) groups excluding carboxylic acids is 4. The molecule has 280 valence electrons. The van der Waals surface area contributed by atoms with E-state index in [1.807, 2.05) is 67.6 Å². The number of allylic oxidation sites excluding steroid dienone is 1.